The summed E-state index contributed by atoms with van der Waals surface area (Å²) >= 11 is 0. The number of carbonyl (C=O) groups excluding carboxylic acids is 1. The van der Waals surface area contributed by atoms with Crippen molar-refractivity contribution >= 4 is 5.97 Å². The molecule has 0 unspecified atom stereocenters. The van der Waals surface area contributed by atoms with Crippen molar-refractivity contribution in [2.45, 2.75) is 25.9 Å². The molecule has 0 aromatic rings. The third kappa shape index (κ3) is 28.6. The zero-order chi connectivity index (χ0) is 28.6. The molecule has 0 aliphatic carbocycles. The lowest BCUT2D eigenvalue weighted by Crippen LogP contribution is -2.33. The number of esters is 1. The standard InChI is InChI=1S/C27H53NO12/c1-26(29)39-24-22-37-20-18-35-16-14-33-12-10-31-8-6-30-7-9-32-11-13-34-15-17-36-19-21-38-23-25-40-27-2-4-28-5-3-27/h27-28H,2-25H2,1H3. The van der Waals surface area contributed by atoms with E-state index in [-0.39, 0.29) is 12.6 Å². The summed E-state index contributed by atoms with van der Waals surface area (Å²) in [6.45, 7) is 13.5. The maximum absolute atomic E-state index is 10.6. The molecule has 1 heterocycles. The van der Waals surface area contributed by atoms with Crippen molar-refractivity contribution in [3.8, 4) is 0 Å². The number of hydrogen-bond acceptors (Lipinski definition) is 13. The second kappa shape index (κ2) is 31.0. The molecule has 0 amide bonds. The molecule has 13 heteroatoms. The van der Waals surface area contributed by atoms with Gasteiger partial charge in [-0.25, -0.2) is 0 Å². The Bertz CT molecular complexity index is 526. The molecule has 1 fully saturated rings. The Morgan fingerprint density at radius 3 is 1.05 bits per heavy atom. The van der Waals surface area contributed by atoms with Crippen LogP contribution >= 0.6 is 0 Å². The van der Waals surface area contributed by atoms with Crippen molar-refractivity contribution in [1.82, 2.24) is 5.32 Å². The molecule has 0 radical (unpaired) electrons. The van der Waals surface area contributed by atoms with Crippen molar-refractivity contribution in [2.24, 2.45) is 0 Å². The lowest BCUT2D eigenvalue weighted by atomic mass is 10.1. The maximum atomic E-state index is 10.6. The minimum atomic E-state index is -0.308. The summed E-state index contributed by atoms with van der Waals surface area (Å²) in [6, 6.07) is 0. The molecular formula is C27H53NO12. The van der Waals surface area contributed by atoms with Gasteiger partial charge in [0.05, 0.1) is 132 Å². The predicted molar refractivity (Wildman–Crippen MR) is 146 cm³/mol. The van der Waals surface area contributed by atoms with Gasteiger partial charge in [-0.2, -0.15) is 0 Å². The Morgan fingerprint density at radius 2 is 0.750 bits per heavy atom. The minimum Gasteiger partial charge on any atom is -0.463 e. The zero-order valence-electron chi connectivity index (χ0n) is 24.4. The Morgan fingerprint density at radius 1 is 0.475 bits per heavy atom. The molecular weight excluding hydrogens is 530 g/mol. The molecule has 0 aromatic heterocycles. The molecule has 1 rings (SSSR count). The van der Waals surface area contributed by atoms with Crippen LogP contribution in [0.2, 0.25) is 0 Å². The van der Waals surface area contributed by atoms with Gasteiger partial charge in [-0.3, -0.25) is 4.79 Å². The molecule has 0 bridgehead atoms. The molecule has 1 aliphatic heterocycles. The fourth-order valence-corrected chi connectivity index (χ4v) is 3.34. The van der Waals surface area contributed by atoms with Crippen molar-refractivity contribution in [3.05, 3.63) is 0 Å². The highest BCUT2D eigenvalue weighted by Gasteiger charge is 2.12. The van der Waals surface area contributed by atoms with Crippen molar-refractivity contribution < 1.29 is 56.9 Å². The molecule has 40 heavy (non-hydrogen) atoms. The zero-order valence-corrected chi connectivity index (χ0v) is 24.4. The number of carbonyl (C=O) groups is 1. The van der Waals surface area contributed by atoms with Gasteiger partial charge in [0.2, 0.25) is 0 Å². The minimum absolute atomic E-state index is 0.261. The van der Waals surface area contributed by atoms with Crippen LogP contribution in [0, 0.1) is 0 Å². The largest absolute Gasteiger partial charge is 0.463 e. The van der Waals surface area contributed by atoms with Gasteiger partial charge in [0.1, 0.15) is 6.61 Å². The smallest absolute Gasteiger partial charge is 0.302 e. The molecule has 13 nitrogen and oxygen atoms in total. The fraction of sp³-hybridized carbons (Fsp3) is 0.963. The van der Waals surface area contributed by atoms with Gasteiger partial charge < -0.3 is 57.4 Å². The lowest BCUT2D eigenvalue weighted by molar-refractivity contribution is -0.142. The highest BCUT2D eigenvalue weighted by Crippen LogP contribution is 2.06. The summed E-state index contributed by atoms with van der Waals surface area (Å²) in [6.07, 6.45) is 2.53. The van der Waals surface area contributed by atoms with E-state index in [9.17, 15) is 4.79 Å². The Hall–Kier alpha value is -0.970. The Labute approximate surface area is 239 Å². The van der Waals surface area contributed by atoms with Crippen LogP contribution in [0.1, 0.15) is 19.8 Å². The third-order valence-corrected chi connectivity index (χ3v) is 5.38. The molecule has 1 saturated heterocycles. The first-order chi connectivity index (χ1) is 19.8. The van der Waals surface area contributed by atoms with Crippen LogP contribution in [0.5, 0.6) is 0 Å². The normalized spacial score (nSPS) is 14.1. The molecule has 1 aliphatic rings. The van der Waals surface area contributed by atoms with Crippen molar-refractivity contribution in [3.63, 3.8) is 0 Å². The summed E-state index contributed by atoms with van der Waals surface area (Å²) in [5.41, 5.74) is 0. The molecule has 0 spiro atoms. The second-order valence-electron chi connectivity index (χ2n) is 8.67. The van der Waals surface area contributed by atoms with Crippen molar-refractivity contribution in [2.75, 3.05) is 145 Å². The molecule has 0 saturated carbocycles. The van der Waals surface area contributed by atoms with Crippen LogP contribution in [0.3, 0.4) is 0 Å². The van der Waals surface area contributed by atoms with E-state index in [1.54, 1.807) is 0 Å². The van der Waals surface area contributed by atoms with Gasteiger partial charge in [-0.1, -0.05) is 0 Å². The van der Waals surface area contributed by atoms with Crippen LogP contribution < -0.4 is 5.32 Å². The summed E-state index contributed by atoms with van der Waals surface area (Å²) in [4.78, 5) is 10.6. The predicted octanol–water partition coefficient (Wildman–Crippen LogP) is 0.468. The van der Waals surface area contributed by atoms with Crippen LogP contribution in [-0.4, -0.2) is 157 Å². The highest BCUT2D eigenvalue weighted by molar-refractivity contribution is 5.65. The first kappa shape index (κ1) is 37.1. The molecule has 0 atom stereocenters. The van der Waals surface area contributed by atoms with Gasteiger partial charge in [0, 0.05) is 6.92 Å². The maximum Gasteiger partial charge on any atom is 0.302 e. The summed E-state index contributed by atoms with van der Waals surface area (Å²) in [7, 11) is 0. The monoisotopic (exact) mass is 583 g/mol. The summed E-state index contributed by atoms with van der Waals surface area (Å²) in [5.74, 6) is -0.308. The van der Waals surface area contributed by atoms with E-state index in [1.165, 1.54) is 6.92 Å². The highest BCUT2D eigenvalue weighted by atomic mass is 16.6. The number of piperidine rings is 1. The SMILES string of the molecule is CC(=O)OCCOCCOCCOCCOCCOCCOCCOCCOCCOCCOC1CCNCC1. The fourth-order valence-electron chi connectivity index (χ4n) is 3.34. The van der Waals surface area contributed by atoms with Gasteiger partial charge in [0.25, 0.3) is 0 Å². The van der Waals surface area contributed by atoms with E-state index in [4.69, 9.17) is 52.1 Å². The van der Waals surface area contributed by atoms with E-state index in [0.717, 1.165) is 25.9 Å². The van der Waals surface area contributed by atoms with Crippen LogP contribution in [-0.2, 0) is 56.9 Å². The van der Waals surface area contributed by atoms with Crippen LogP contribution in [0.4, 0.5) is 0 Å². The Kier molecular flexibility index (Phi) is 28.7. The molecule has 0 aromatic carbocycles. The van der Waals surface area contributed by atoms with Crippen molar-refractivity contribution in [1.29, 1.82) is 0 Å². The number of hydrogen-bond donors (Lipinski definition) is 1. The topological polar surface area (TPSA) is 131 Å². The van der Waals surface area contributed by atoms with Gasteiger partial charge in [-0.05, 0) is 25.9 Å². The summed E-state index contributed by atoms with van der Waals surface area (Å²) < 4.78 is 59.4. The van der Waals surface area contributed by atoms with E-state index in [2.05, 4.69) is 5.32 Å². The number of rotatable bonds is 31. The van der Waals surface area contributed by atoms with E-state index in [0.29, 0.717) is 132 Å². The van der Waals surface area contributed by atoms with Crippen LogP contribution in [0.25, 0.3) is 0 Å². The average molecular weight is 584 g/mol. The second-order valence-corrected chi connectivity index (χ2v) is 8.67. The lowest BCUT2D eigenvalue weighted by Gasteiger charge is -2.22. The van der Waals surface area contributed by atoms with Gasteiger partial charge >= 0.3 is 5.97 Å². The van der Waals surface area contributed by atoms with E-state index >= 15 is 0 Å². The molecule has 1 N–H and O–H groups in total. The average Bonchev–Trinajstić information content (AvgIpc) is 2.96. The number of nitrogens with one attached hydrogen (secondary N) is 1. The third-order valence-electron chi connectivity index (χ3n) is 5.38. The van der Waals surface area contributed by atoms with E-state index in [1.807, 2.05) is 0 Å². The van der Waals surface area contributed by atoms with Gasteiger partial charge in [0.15, 0.2) is 0 Å². The first-order valence-corrected chi connectivity index (χ1v) is 14.4. The molecule has 238 valence electrons. The quantitative estimate of drug-likeness (QED) is 0.0897. The van der Waals surface area contributed by atoms with Gasteiger partial charge in [-0.15, -0.1) is 0 Å². The van der Waals surface area contributed by atoms with E-state index < -0.39 is 0 Å². The van der Waals surface area contributed by atoms with Crippen LogP contribution in [0.15, 0.2) is 0 Å². The first-order valence-electron chi connectivity index (χ1n) is 14.4. The number of ether oxygens (including phenoxy) is 11. The Balaban J connectivity index is 1.61. The summed E-state index contributed by atoms with van der Waals surface area (Å²) in [5, 5.41) is 3.32.